The molecule has 71 heavy (non-hydrogen) atoms. The van der Waals surface area contributed by atoms with Crippen molar-refractivity contribution in [2.75, 3.05) is 9.80 Å². The summed E-state index contributed by atoms with van der Waals surface area (Å²) in [6, 6.07) is 71.4. The Kier molecular flexibility index (Phi) is 8.84. The first kappa shape index (κ1) is 41.5. The molecule has 0 aromatic heterocycles. The van der Waals surface area contributed by atoms with Gasteiger partial charge in [0.2, 0.25) is 0 Å². The molecule has 4 fully saturated rings. The Balaban J connectivity index is 1.02. The van der Waals surface area contributed by atoms with Crippen molar-refractivity contribution >= 4 is 101 Å². The lowest BCUT2D eigenvalue weighted by Crippen LogP contribution is -2.55. The van der Waals surface area contributed by atoms with Gasteiger partial charge >= 0.3 is 0 Å². The van der Waals surface area contributed by atoms with Crippen LogP contribution in [0.25, 0.3) is 65.0 Å². The molecule has 0 aliphatic heterocycles. The molecular formula is C67H55FN2Si. The van der Waals surface area contributed by atoms with Gasteiger partial charge in [0.25, 0.3) is 0 Å². The molecule has 0 atom stereocenters. The summed E-state index contributed by atoms with van der Waals surface area (Å²) in [5.41, 5.74) is 12.3. The molecule has 4 saturated carbocycles. The second-order valence-corrected chi connectivity index (χ2v) is 27.6. The van der Waals surface area contributed by atoms with Gasteiger partial charge in [-0.15, -0.1) is 0 Å². The number of anilines is 6. The molecule has 4 bridgehead atoms. The van der Waals surface area contributed by atoms with Gasteiger partial charge in [0.05, 0.1) is 30.8 Å². The lowest BCUT2D eigenvalue weighted by Gasteiger charge is -2.61. The molecule has 1 spiro atoms. The van der Waals surface area contributed by atoms with Gasteiger partial charge in [-0.2, -0.15) is 0 Å². The summed E-state index contributed by atoms with van der Waals surface area (Å²) in [5.74, 6) is 2.93. The van der Waals surface area contributed by atoms with E-state index in [0.717, 1.165) is 67.5 Å². The monoisotopic (exact) mass is 934 g/mol. The van der Waals surface area contributed by atoms with Gasteiger partial charge in [-0.3, -0.25) is 0 Å². The van der Waals surface area contributed by atoms with E-state index >= 15 is 4.39 Å². The molecule has 344 valence electrons. The van der Waals surface area contributed by atoms with Crippen molar-refractivity contribution in [1.29, 1.82) is 0 Å². The van der Waals surface area contributed by atoms with Crippen LogP contribution in [0.15, 0.2) is 194 Å². The third kappa shape index (κ3) is 5.86. The van der Waals surface area contributed by atoms with Crippen LogP contribution in [0.4, 0.5) is 38.5 Å². The Morgan fingerprint density at radius 2 is 0.930 bits per heavy atom. The average molecular weight is 935 g/mol. The number of fused-ring (bicyclic) bond motifs is 5. The van der Waals surface area contributed by atoms with Gasteiger partial charge < -0.3 is 9.80 Å². The highest BCUT2D eigenvalue weighted by Crippen LogP contribution is 2.69. The lowest BCUT2D eigenvalue weighted by molar-refractivity contribution is -0.0399. The number of hydrogen-bond acceptors (Lipinski definition) is 2. The van der Waals surface area contributed by atoms with Crippen LogP contribution in [0, 0.1) is 29.5 Å². The van der Waals surface area contributed by atoms with E-state index in [1.165, 1.54) is 80.9 Å². The molecule has 2 nitrogen and oxygen atoms in total. The normalized spacial score (nSPS) is 21.0. The van der Waals surface area contributed by atoms with Gasteiger partial charge in [0, 0.05) is 49.1 Å². The Morgan fingerprint density at radius 3 is 1.59 bits per heavy atom. The first-order valence-corrected chi connectivity index (χ1v) is 29.5. The minimum absolute atomic E-state index is 0.0723. The second-order valence-electron chi connectivity index (χ2n) is 22.6. The zero-order chi connectivity index (χ0) is 47.3. The number of rotatable bonds is 7. The highest BCUT2D eigenvalue weighted by molar-refractivity contribution is 6.90. The first-order valence-electron chi connectivity index (χ1n) is 26.0. The standard InChI is InChI=1S/C67H55FN2Si/c1-71(2,3)64-40-56-63(69(47-19-5-4-6-20-47)60-25-13-17-43-15-7-9-21-49(43)60)31-28-52-59(68)39-55-62(32-29-53(64)66(55)65(52)56)70(61-26-14-18-44-16-8-10-22-50(44)61)48-27-30-58-54(38-48)51-23-11-12-24-57(51)67(58)45-34-41-33-42(36-45)37-46(67)35-41/h4-32,38-42,45-46H,33-37H2,1-3H3. The molecule has 4 heteroatoms. The molecule has 0 saturated heterocycles. The lowest BCUT2D eigenvalue weighted by atomic mass is 9.43. The van der Waals surface area contributed by atoms with E-state index in [2.05, 4.69) is 211 Å². The van der Waals surface area contributed by atoms with Gasteiger partial charge in [-0.25, -0.2) is 4.39 Å². The van der Waals surface area contributed by atoms with Crippen LogP contribution < -0.4 is 15.0 Å². The highest BCUT2D eigenvalue weighted by atomic mass is 28.3. The third-order valence-electron chi connectivity index (χ3n) is 17.9. The van der Waals surface area contributed by atoms with Crippen LogP contribution in [0.2, 0.25) is 19.6 Å². The number of halogens is 1. The molecule has 0 unspecified atom stereocenters. The maximum absolute atomic E-state index is 17.7. The van der Waals surface area contributed by atoms with E-state index in [-0.39, 0.29) is 11.2 Å². The second kappa shape index (κ2) is 15.1. The Labute approximate surface area is 416 Å². The third-order valence-corrected chi connectivity index (χ3v) is 19.9. The number of nitrogens with zero attached hydrogens (tertiary/aromatic N) is 2. The smallest absolute Gasteiger partial charge is 0.131 e. The molecule has 0 amide bonds. The quantitative estimate of drug-likeness (QED) is 0.116. The Bertz CT molecular complexity index is 3940. The van der Waals surface area contributed by atoms with E-state index in [4.69, 9.17) is 0 Å². The molecule has 11 aromatic carbocycles. The van der Waals surface area contributed by atoms with Crippen molar-refractivity contribution in [2.45, 2.75) is 57.2 Å². The summed E-state index contributed by atoms with van der Waals surface area (Å²) in [5, 5.41) is 12.0. The first-order chi connectivity index (χ1) is 34.7. The van der Waals surface area contributed by atoms with Crippen LogP contribution in [0.5, 0.6) is 0 Å². The molecule has 5 aliphatic rings. The summed E-state index contributed by atoms with van der Waals surface area (Å²) in [7, 11) is -2.04. The predicted molar refractivity (Wildman–Crippen MR) is 301 cm³/mol. The highest BCUT2D eigenvalue weighted by Gasteiger charge is 2.61. The SMILES string of the molecule is C[Si](C)(C)c1cc2c(N(c3ccccc3)c3cccc4ccccc34)ccc3c(F)cc4c(N(c5ccc6c(c5)-c5ccccc5C65C6CC7CC(C6)CC5C7)c5cccc6ccccc56)ccc1c4c32. The number of benzene rings is 11. The van der Waals surface area contributed by atoms with Crippen molar-refractivity contribution < 1.29 is 4.39 Å². The van der Waals surface area contributed by atoms with Crippen molar-refractivity contribution in [3.05, 3.63) is 211 Å². The van der Waals surface area contributed by atoms with Gasteiger partial charge in [-0.05, 0) is 160 Å². The molecule has 16 rings (SSSR count). The van der Waals surface area contributed by atoms with Crippen LogP contribution in [-0.4, -0.2) is 8.07 Å². The van der Waals surface area contributed by atoms with Crippen LogP contribution >= 0.6 is 0 Å². The Morgan fingerprint density at radius 1 is 0.408 bits per heavy atom. The fourth-order valence-corrected chi connectivity index (χ4v) is 17.0. The van der Waals surface area contributed by atoms with E-state index in [0.29, 0.717) is 17.2 Å². The van der Waals surface area contributed by atoms with E-state index in [1.54, 1.807) is 5.56 Å². The van der Waals surface area contributed by atoms with Crippen molar-refractivity contribution in [1.82, 2.24) is 0 Å². The minimum Gasteiger partial charge on any atom is -0.309 e. The average Bonchev–Trinajstić information content (AvgIpc) is 3.69. The fraction of sp³-hybridized carbons (Fsp3) is 0.194. The molecule has 0 heterocycles. The zero-order valence-corrected chi connectivity index (χ0v) is 41.6. The van der Waals surface area contributed by atoms with Gasteiger partial charge in [0.1, 0.15) is 5.82 Å². The van der Waals surface area contributed by atoms with E-state index in [1.807, 2.05) is 12.1 Å². The summed E-state index contributed by atoms with van der Waals surface area (Å²) in [6.07, 6.45) is 6.85. The van der Waals surface area contributed by atoms with Crippen LogP contribution in [-0.2, 0) is 5.41 Å². The molecule has 5 aliphatic carbocycles. The van der Waals surface area contributed by atoms with Gasteiger partial charge in [-0.1, -0.05) is 158 Å². The molecule has 11 aromatic rings. The maximum atomic E-state index is 17.7. The minimum atomic E-state index is -2.04. The fourth-order valence-electron chi connectivity index (χ4n) is 15.4. The molecule has 0 N–H and O–H groups in total. The maximum Gasteiger partial charge on any atom is 0.131 e. The van der Waals surface area contributed by atoms with Gasteiger partial charge in [0.15, 0.2) is 0 Å². The van der Waals surface area contributed by atoms with E-state index in [9.17, 15) is 0 Å². The van der Waals surface area contributed by atoms with Crippen LogP contribution in [0.1, 0.15) is 43.2 Å². The molecule has 0 radical (unpaired) electrons. The number of hydrogen-bond donors (Lipinski definition) is 0. The summed E-state index contributed by atoms with van der Waals surface area (Å²) in [6.45, 7) is 7.36. The van der Waals surface area contributed by atoms with E-state index < -0.39 is 8.07 Å². The Hall–Kier alpha value is -7.27. The van der Waals surface area contributed by atoms with Crippen molar-refractivity contribution in [2.24, 2.45) is 23.7 Å². The van der Waals surface area contributed by atoms with Crippen molar-refractivity contribution in [3.63, 3.8) is 0 Å². The van der Waals surface area contributed by atoms with Crippen molar-refractivity contribution in [3.8, 4) is 11.1 Å². The summed E-state index contributed by atoms with van der Waals surface area (Å²) >= 11 is 0. The summed E-state index contributed by atoms with van der Waals surface area (Å²) in [4.78, 5) is 4.88. The largest absolute Gasteiger partial charge is 0.309 e. The van der Waals surface area contributed by atoms with Crippen LogP contribution in [0.3, 0.4) is 0 Å². The number of para-hydroxylation sites is 1. The predicted octanol–water partition coefficient (Wildman–Crippen LogP) is 18.2. The topological polar surface area (TPSA) is 6.48 Å². The summed E-state index contributed by atoms with van der Waals surface area (Å²) < 4.78 is 17.7. The zero-order valence-electron chi connectivity index (χ0n) is 40.6. The molecular weight excluding hydrogens is 880 g/mol.